The number of hydrogen-bond acceptors (Lipinski definition) is 3. The highest BCUT2D eigenvalue weighted by Gasteiger charge is 2.29. The number of β-amino-alcohol motifs (C(OH)–C–C–N with tert-alkyl or cyclic N) is 1. The fraction of sp³-hybridized carbons (Fsp3) is 1.00. The molecule has 6 heteroatoms. The van der Waals surface area contributed by atoms with Gasteiger partial charge in [0.15, 0.2) is 0 Å². The molecule has 0 radical (unpaired) electrons. The highest BCUT2D eigenvalue weighted by Crippen LogP contribution is 2.14. The first kappa shape index (κ1) is 11.2. The van der Waals surface area contributed by atoms with Gasteiger partial charge in [-0.05, 0) is 12.8 Å². The maximum absolute atomic E-state index is 11.5. The molecule has 0 aromatic heterocycles. The zero-order valence-electron chi connectivity index (χ0n) is 7.32. The fourth-order valence-corrected chi connectivity index (χ4v) is 3.17. The van der Waals surface area contributed by atoms with Gasteiger partial charge in [0.2, 0.25) is 10.0 Å². The average Bonchev–Trinajstić information content (AvgIpc) is 2.49. The van der Waals surface area contributed by atoms with E-state index < -0.39 is 16.1 Å². The van der Waals surface area contributed by atoms with Crippen LogP contribution in [0, 0.1) is 0 Å². The van der Waals surface area contributed by atoms with Gasteiger partial charge in [-0.3, -0.25) is 0 Å². The second-order valence-corrected chi connectivity index (χ2v) is 5.63. The lowest BCUT2D eigenvalue weighted by Gasteiger charge is -2.14. The normalized spacial score (nSPS) is 25.2. The molecule has 0 aliphatic carbocycles. The topological polar surface area (TPSA) is 57.6 Å². The molecule has 0 aromatic carbocycles. The van der Waals surface area contributed by atoms with E-state index in [2.05, 4.69) is 0 Å². The maximum atomic E-state index is 11.5. The number of hydrogen-bond donors (Lipinski definition) is 1. The Kier molecular flexibility index (Phi) is 3.97. The first-order valence-corrected chi connectivity index (χ1v) is 6.42. The smallest absolute Gasteiger partial charge is 0.214 e. The molecule has 1 fully saturated rings. The van der Waals surface area contributed by atoms with Gasteiger partial charge < -0.3 is 5.11 Å². The molecule has 1 saturated heterocycles. The number of halogens is 1. The van der Waals surface area contributed by atoms with E-state index in [9.17, 15) is 8.42 Å². The Labute approximate surface area is 83.5 Å². The minimum atomic E-state index is -3.17. The first-order chi connectivity index (χ1) is 6.06. The minimum Gasteiger partial charge on any atom is -0.392 e. The van der Waals surface area contributed by atoms with E-state index in [-0.39, 0.29) is 12.3 Å². The Morgan fingerprint density at radius 2 is 2.23 bits per heavy atom. The second kappa shape index (κ2) is 4.59. The van der Waals surface area contributed by atoms with E-state index in [1.54, 1.807) is 0 Å². The van der Waals surface area contributed by atoms with Crippen LogP contribution in [0.5, 0.6) is 0 Å². The molecule has 0 bridgehead atoms. The predicted octanol–water partition coefficient (Wildman–Crippen LogP) is 0.0117. The summed E-state index contributed by atoms with van der Waals surface area (Å²) < 4.78 is 24.3. The van der Waals surface area contributed by atoms with Crippen molar-refractivity contribution in [2.45, 2.75) is 18.9 Å². The third-order valence-corrected chi connectivity index (χ3v) is 4.25. The summed E-state index contributed by atoms with van der Waals surface area (Å²) in [6, 6.07) is 0. The lowest BCUT2D eigenvalue weighted by Crippen LogP contribution is -2.31. The molecule has 1 aliphatic heterocycles. The van der Waals surface area contributed by atoms with Crippen LogP contribution in [0.25, 0.3) is 0 Å². The molecule has 1 atom stereocenters. The molecule has 1 aliphatic rings. The van der Waals surface area contributed by atoms with Gasteiger partial charge in [0.1, 0.15) is 0 Å². The van der Waals surface area contributed by atoms with E-state index in [0.29, 0.717) is 25.3 Å². The summed E-state index contributed by atoms with van der Waals surface area (Å²) in [6.07, 6.45) is 0.516. The third-order valence-electron chi connectivity index (χ3n) is 2.06. The van der Waals surface area contributed by atoms with Crippen molar-refractivity contribution < 1.29 is 13.5 Å². The Bertz CT molecular complexity index is 254. The largest absolute Gasteiger partial charge is 0.392 e. The van der Waals surface area contributed by atoms with Gasteiger partial charge in [-0.2, -0.15) is 4.31 Å². The van der Waals surface area contributed by atoms with Crippen molar-refractivity contribution in [3.05, 3.63) is 0 Å². The monoisotopic (exact) mass is 227 g/mol. The maximum Gasteiger partial charge on any atom is 0.214 e. The fourth-order valence-electron chi connectivity index (χ4n) is 1.33. The number of aliphatic hydroxyl groups excluding tert-OH is 1. The van der Waals surface area contributed by atoms with Crippen molar-refractivity contribution >= 4 is 21.6 Å². The van der Waals surface area contributed by atoms with Crippen LogP contribution in [-0.4, -0.2) is 48.7 Å². The lowest BCUT2D eigenvalue weighted by atomic mass is 10.3. The zero-order valence-corrected chi connectivity index (χ0v) is 8.89. The molecule has 0 aromatic rings. The van der Waals surface area contributed by atoms with Crippen LogP contribution < -0.4 is 0 Å². The Morgan fingerprint density at radius 1 is 1.54 bits per heavy atom. The standard InChI is InChI=1S/C7H14ClNO3S/c8-3-1-5-13(11,12)9-4-2-7(10)6-9/h7,10H,1-6H2. The van der Waals surface area contributed by atoms with Crippen molar-refractivity contribution in [3.63, 3.8) is 0 Å². The van der Waals surface area contributed by atoms with Crippen LogP contribution in [0.1, 0.15) is 12.8 Å². The summed E-state index contributed by atoms with van der Waals surface area (Å²) >= 11 is 5.41. The van der Waals surface area contributed by atoms with Gasteiger partial charge in [-0.1, -0.05) is 0 Å². The van der Waals surface area contributed by atoms with Crippen molar-refractivity contribution in [2.24, 2.45) is 0 Å². The molecule has 0 amide bonds. The summed E-state index contributed by atoms with van der Waals surface area (Å²) in [5, 5.41) is 9.16. The van der Waals surface area contributed by atoms with E-state index in [1.165, 1.54) is 4.31 Å². The van der Waals surface area contributed by atoms with Crippen LogP contribution in [0.15, 0.2) is 0 Å². The molecule has 1 rings (SSSR count). The molecule has 4 nitrogen and oxygen atoms in total. The Morgan fingerprint density at radius 3 is 2.69 bits per heavy atom. The summed E-state index contributed by atoms with van der Waals surface area (Å²) in [5.74, 6) is 0.443. The number of sulfonamides is 1. The SMILES string of the molecule is O=S(=O)(CCCCl)N1CCC(O)C1. The molecule has 0 saturated carbocycles. The lowest BCUT2D eigenvalue weighted by molar-refractivity contribution is 0.189. The number of nitrogens with zero attached hydrogens (tertiary/aromatic N) is 1. The van der Waals surface area contributed by atoms with Crippen molar-refractivity contribution in [2.75, 3.05) is 24.7 Å². The van der Waals surface area contributed by atoms with Crippen molar-refractivity contribution in [3.8, 4) is 0 Å². The van der Waals surface area contributed by atoms with E-state index in [4.69, 9.17) is 16.7 Å². The number of aliphatic hydroxyl groups is 1. The van der Waals surface area contributed by atoms with Crippen LogP contribution in [0.3, 0.4) is 0 Å². The Balaban J connectivity index is 2.50. The molecular formula is C7H14ClNO3S. The van der Waals surface area contributed by atoms with Crippen LogP contribution in [0.2, 0.25) is 0 Å². The quantitative estimate of drug-likeness (QED) is 0.689. The van der Waals surface area contributed by atoms with Crippen molar-refractivity contribution in [1.29, 1.82) is 0 Å². The van der Waals surface area contributed by atoms with Gasteiger partial charge in [0.05, 0.1) is 11.9 Å². The van der Waals surface area contributed by atoms with Gasteiger partial charge in [0, 0.05) is 19.0 Å². The molecule has 1 N–H and O–H groups in total. The number of rotatable bonds is 4. The van der Waals surface area contributed by atoms with Crippen LogP contribution in [0.4, 0.5) is 0 Å². The van der Waals surface area contributed by atoms with E-state index >= 15 is 0 Å². The second-order valence-electron chi connectivity index (χ2n) is 3.16. The van der Waals surface area contributed by atoms with Gasteiger partial charge >= 0.3 is 0 Å². The van der Waals surface area contributed by atoms with E-state index in [1.807, 2.05) is 0 Å². The molecule has 1 unspecified atom stereocenters. The molecule has 13 heavy (non-hydrogen) atoms. The van der Waals surface area contributed by atoms with E-state index in [0.717, 1.165) is 0 Å². The molecule has 1 heterocycles. The van der Waals surface area contributed by atoms with Crippen LogP contribution in [-0.2, 0) is 10.0 Å². The van der Waals surface area contributed by atoms with Gasteiger partial charge in [-0.25, -0.2) is 8.42 Å². The molecule has 0 spiro atoms. The van der Waals surface area contributed by atoms with Crippen molar-refractivity contribution in [1.82, 2.24) is 4.31 Å². The highest BCUT2D eigenvalue weighted by molar-refractivity contribution is 7.89. The summed E-state index contributed by atoms with van der Waals surface area (Å²) in [5.41, 5.74) is 0. The molecule has 78 valence electrons. The minimum absolute atomic E-state index is 0.0865. The Hall–Kier alpha value is 0.160. The summed E-state index contributed by atoms with van der Waals surface area (Å²) in [6.45, 7) is 0.677. The van der Waals surface area contributed by atoms with Gasteiger partial charge in [-0.15, -0.1) is 11.6 Å². The van der Waals surface area contributed by atoms with Crippen LogP contribution >= 0.6 is 11.6 Å². The molecular weight excluding hydrogens is 214 g/mol. The third kappa shape index (κ3) is 3.09. The van der Waals surface area contributed by atoms with Gasteiger partial charge in [0.25, 0.3) is 0 Å². The summed E-state index contributed by atoms with van der Waals surface area (Å²) in [7, 11) is -3.17. The number of alkyl halides is 1. The highest BCUT2D eigenvalue weighted by atomic mass is 35.5. The first-order valence-electron chi connectivity index (χ1n) is 4.28. The average molecular weight is 228 g/mol. The predicted molar refractivity (Wildman–Crippen MR) is 51.3 cm³/mol. The zero-order chi connectivity index (χ0) is 9.90. The summed E-state index contributed by atoms with van der Waals surface area (Å²) in [4.78, 5) is 0.